The highest BCUT2D eigenvalue weighted by molar-refractivity contribution is 6.08. The van der Waals surface area contributed by atoms with Crippen LogP contribution in [0.25, 0.3) is 0 Å². The Bertz CT molecular complexity index is 729. The average molecular weight is 311 g/mol. The van der Waals surface area contributed by atoms with Crippen molar-refractivity contribution < 1.29 is 14.3 Å². The van der Waals surface area contributed by atoms with Crippen molar-refractivity contribution in [1.29, 1.82) is 0 Å². The van der Waals surface area contributed by atoms with E-state index in [0.29, 0.717) is 17.1 Å². The molecule has 0 spiro atoms. The van der Waals surface area contributed by atoms with Crippen LogP contribution in [0, 0.1) is 6.92 Å². The third kappa shape index (κ3) is 2.54. The van der Waals surface area contributed by atoms with Gasteiger partial charge in [-0.2, -0.15) is 0 Å². The van der Waals surface area contributed by atoms with Crippen LogP contribution in [0.3, 0.4) is 0 Å². The van der Waals surface area contributed by atoms with Gasteiger partial charge in [-0.3, -0.25) is 4.79 Å². The molecule has 0 saturated heterocycles. The van der Waals surface area contributed by atoms with Crippen LogP contribution in [-0.2, 0) is 6.42 Å². The van der Waals surface area contributed by atoms with Crippen LogP contribution in [0.5, 0.6) is 11.5 Å². The molecule has 1 atom stereocenters. The number of para-hydroxylation sites is 1. The summed E-state index contributed by atoms with van der Waals surface area (Å²) < 4.78 is 10.8. The van der Waals surface area contributed by atoms with Crippen LogP contribution in [0.4, 0.5) is 5.69 Å². The van der Waals surface area contributed by atoms with E-state index < -0.39 is 0 Å². The molecule has 1 aliphatic rings. The van der Waals surface area contributed by atoms with E-state index in [0.717, 1.165) is 17.7 Å². The summed E-state index contributed by atoms with van der Waals surface area (Å²) in [6.45, 7) is 3.99. The predicted octanol–water partition coefficient (Wildman–Crippen LogP) is 3.60. The van der Waals surface area contributed by atoms with Crippen LogP contribution in [0.15, 0.2) is 36.4 Å². The highest BCUT2D eigenvalue weighted by Crippen LogP contribution is 2.35. The largest absolute Gasteiger partial charge is 0.496 e. The van der Waals surface area contributed by atoms with Gasteiger partial charge in [0.05, 0.1) is 14.2 Å². The Morgan fingerprint density at radius 2 is 1.74 bits per heavy atom. The monoisotopic (exact) mass is 311 g/mol. The number of carbonyl (C=O) groups is 1. The molecule has 0 radical (unpaired) electrons. The second kappa shape index (κ2) is 5.95. The zero-order valence-electron chi connectivity index (χ0n) is 13.9. The molecule has 0 bridgehead atoms. The van der Waals surface area contributed by atoms with Crippen molar-refractivity contribution >= 4 is 11.6 Å². The fraction of sp³-hybridized carbons (Fsp3) is 0.316. The van der Waals surface area contributed by atoms with Crippen LogP contribution >= 0.6 is 0 Å². The van der Waals surface area contributed by atoms with Gasteiger partial charge in [0.1, 0.15) is 11.5 Å². The Balaban J connectivity index is 2.04. The van der Waals surface area contributed by atoms with Crippen molar-refractivity contribution in [3.63, 3.8) is 0 Å². The lowest BCUT2D eigenvalue weighted by Gasteiger charge is -2.23. The van der Waals surface area contributed by atoms with E-state index in [4.69, 9.17) is 9.47 Å². The molecule has 0 saturated carbocycles. The summed E-state index contributed by atoms with van der Waals surface area (Å²) in [5, 5.41) is 0. The third-order valence-electron chi connectivity index (χ3n) is 4.43. The lowest BCUT2D eigenvalue weighted by Crippen LogP contribution is -2.35. The van der Waals surface area contributed by atoms with Crippen LogP contribution in [-0.4, -0.2) is 26.2 Å². The number of anilines is 1. The van der Waals surface area contributed by atoms with Gasteiger partial charge in [0.25, 0.3) is 5.91 Å². The maximum absolute atomic E-state index is 13.1. The van der Waals surface area contributed by atoms with Gasteiger partial charge < -0.3 is 14.4 Å². The number of benzene rings is 2. The first kappa shape index (κ1) is 15.4. The van der Waals surface area contributed by atoms with Gasteiger partial charge in [-0.1, -0.05) is 18.2 Å². The SMILES string of the molecule is COc1cc(C(=O)N2c3ccccc3C[C@H]2C)cc(OC)c1C. The lowest BCUT2D eigenvalue weighted by molar-refractivity contribution is 0.0980. The Hall–Kier alpha value is -2.49. The molecule has 23 heavy (non-hydrogen) atoms. The number of nitrogens with zero attached hydrogens (tertiary/aromatic N) is 1. The summed E-state index contributed by atoms with van der Waals surface area (Å²) in [6.07, 6.45) is 0.877. The summed E-state index contributed by atoms with van der Waals surface area (Å²) in [7, 11) is 3.20. The van der Waals surface area contributed by atoms with E-state index >= 15 is 0 Å². The molecule has 1 heterocycles. The Kier molecular flexibility index (Phi) is 3.99. The molecule has 2 aromatic carbocycles. The average Bonchev–Trinajstić information content (AvgIpc) is 2.90. The highest BCUT2D eigenvalue weighted by atomic mass is 16.5. The molecule has 0 N–H and O–H groups in total. The quantitative estimate of drug-likeness (QED) is 0.869. The minimum absolute atomic E-state index is 0.0287. The standard InChI is InChI=1S/C19H21NO3/c1-12-9-14-7-5-6-8-16(14)20(12)19(21)15-10-17(22-3)13(2)18(11-15)23-4/h5-8,10-12H,9H2,1-4H3/t12-/m1/s1. The van der Waals surface area contributed by atoms with Gasteiger partial charge in [0.15, 0.2) is 0 Å². The van der Waals surface area contributed by atoms with E-state index in [2.05, 4.69) is 13.0 Å². The van der Waals surface area contributed by atoms with Gasteiger partial charge in [-0.05, 0) is 44.0 Å². The molecule has 0 aliphatic carbocycles. The first-order valence-corrected chi connectivity index (χ1v) is 7.71. The zero-order valence-corrected chi connectivity index (χ0v) is 13.9. The maximum atomic E-state index is 13.1. The Labute approximate surface area is 136 Å². The summed E-state index contributed by atoms with van der Waals surface area (Å²) >= 11 is 0. The molecule has 0 unspecified atom stereocenters. The van der Waals surface area contributed by atoms with E-state index in [1.165, 1.54) is 5.56 Å². The fourth-order valence-electron chi connectivity index (χ4n) is 3.22. The Morgan fingerprint density at radius 1 is 1.13 bits per heavy atom. The van der Waals surface area contributed by atoms with Gasteiger partial charge in [-0.15, -0.1) is 0 Å². The number of rotatable bonds is 3. The minimum Gasteiger partial charge on any atom is -0.496 e. The first-order chi connectivity index (χ1) is 11.1. The van der Waals surface area contributed by atoms with Crippen molar-refractivity contribution in [2.24, 2.45) is 0 Å². The van der Waals surface area contributed by atoms with E-state index in [9.17, 15) is 4.79 Å². The summed E-state index contributed by atoms with van der Waals surface area (Å²) in [5.74, 6) is 1.29. The summed E-state index contributed by atoms with van der Waals surface area (Å²) in [6, 6.07) is 11.8. The number of carbonyl (C=O) groups excluding carboxylic acids is 1. The van der Waals surface area contributed by atoms with Crippen molar-refractivity contribution in [2.45, 2.75) is 26.3 Å². The summed E-state index contributed by atoms with van der Waals surface area (Å²) in [5.41, 5.74) is 3.66. The normalized spacial score (nSPS) is 16.2. The molecule has 4 heteroatoms. The second-order valence-electron chi connectivity index (χ2n) is 5.86. The highest BCUT2D eigenvalue weighted by Gasteiger charge is 2.31. The number of hydrogen-bond acceptors (Lipinski definition) is 3. The first-order valence-electron chi connectivity index (χ1n) is 7.71. The van der Waals surface area contributed by atoms with Crippen molar-refractivity contribution in [3.05, 3.63) is 53.1 Å². The van der Waals surface area contributed by atoms with E-state index in [1.54, 1.807) is 26.4 Å². The topological polar surface area (TPSA) is 38.8 Å². The van der Waals surface area contributed by atoms with Crippen LogP contribution in [0.2, 0.25) is 0 Å². The number of fused-ring (bicyclic) bond motifs is 1. The maximum Gasteiger partial charge on any atom is 0.258 e. The molecular formula is C19H21NO3. The molecule has 3 rings (SSSR count). The number of ether oxygens (including phenoxy) is 2. The van der Waals surface area contributed by atoms with Crippen molar-refractivity contribution in [1.82, 2.24) is 0 Å². The lowest BCUT2D eigenvalue weighted by atomic mass is 10.1. The summed E-state index contributed by atoms with van der Waals surface area (Å²) in [4.78, 5) is 14.9. The van der Waals surface area contributed by atoms with Gasteiger partial charge in [0.2, 0.25) is 0 Å². The molecule has 1 aliphatic heterocycles. The molecule has 0 fully saturated rings. The molecule has 4 nitrogen and oxygen atoms in total. The molecule has 1 amide bonds. The van der Waals surface area contributed by atoms with E-state index in [-0.39, 0.29) is 11.9 Å². The number of methoxy groups -OCH3 is 2. The zero-order chi connectivity index (χ0) is 16.6. The van der Waals surface area contributed by atoms with Gasteiger partial charge >= 0.3 is 0 Å². The third-order valence-corrected chi connectivity index (χ3v) is 4.43. The predicted molar refractivity (Wildman–Crippen MR) is 90.7 cm³/mol. The Morgan fingerprint density at radius 3 is 2.35 bits per heavy atom. The molecule has 2 aromatic rings. The molecule has 120 valence electrons. The molecular weight excluding hydrogens is 290 g/mol. The second-order valence-corrected chi connectivity index (χ2v) is 5.86. The minimum atomic E-state index is -0.0287. The molecule has 0 aromatic heterocycles. The number of amides is 1. The van der Waals surface area contributed by atoms with E-state index in [1.807, 2.05) is 30.0 Å². The smallest absolute Gasteiger partial charge is 0.258 e. The van der Waals surface area contributed by atoms with Crippen LogP contribution < -0.4 is 14.4 Å². The van der Waals surface area contributed by atoms with Crippen LogP contribution in [0.1, 0.15) is 28.4 Å². The number of hydrogen-bond donors (Lipinski definition) is 0. The van der Waals surface area contributed by atoms with Crippen molar-refractivity contribution in [3.8, 4) is 11.5 Å². The van der Waals surface area contributed by atoms with Gasteiger partial charge in [0, 0.05) is 22.9 Å². The van der Waals surface area contributed by atoms with Gasteiger partial charge in [-0.25, -0.2) is 0 Å². The van der Waals surface area contributed by atoms with Crippen molar-refractivity contribution in [2.75, 3.05) is 19.1 Å². The fourth-order valence-corrected chi connectivity index (χ4v) is 3.22.